The van der Waals surface area contributed by atoms with E-state index in [1.807, 2.05) is 39.8 Å². The van der Waals surface area contributed by atoms with Gasteiger partial charge in [-0.05, 0) is 49.9 Å². The number of carbonyl (C=O) groups excluding carboxylic acids is 4. The van der Waals surface area contributed by atoms with Crippen LogP contribution in [0, 0.1) is 11.8 Å². The summed E-state index contributed by atoms with van der Waals surface area (Å²) >= 11 is 0. The van der Waals surface area contributed by atoms with E-state index in [0.717, 1.165) is 0 Å². The molecule has 2 aliphatic rings. The summed E-state index contributed by atoms with van der Waals surface area (Å²) in [5.74, 6) is -2.95. The average molecular weight is 828 g/mol. The second-order valence-corrected chi connectivity index (χ2v) is 12.2. The van der Waals surface area contributed by atoms with Gasteiger partial charge in [-0.15, -0.1) is 0 Å². The summed E-state index contributed by atoms with van der Waals surface area (Å²) in [6.07, 6.45) is 0. The zero-order valence-electron chi connectivity index (χ0n) is 26.7. The summed E-state index contributed by atoms with van der Waals surface area (Å²) in [7, 11) is 0. The van der Waals surface area contributed by atoms with E-state index in [0.29, 0.717) is 21.8 Å². The van der Waals surface area contributed by atoms with Crippen molar-refractivity contribution < 1.29 is 29.4 Å². The van der Waals surface area contributed by atoms with Gasteiger partial charge in [-0.2, -0.15) is 0 Å². The Morgan fingerprint density at radius 1 is 0.660 bits per heavy atom. The van der Waals surface area contributed by atoms with Gasteiger partial charge >= 0.3 is 27.3 Å². The molecule has 2 aromatic heterocycles. The van der Waals surface area contributed by atoms with Crippen molar-refractivity contribution in [3.8, 4) is 0 Å². The predicted molar refractivity (Wildman–Crippen MR) is 174 cm³/mol. The summed E-state index contributed by atoms with van der Waals surface area (Å²) in [4.78, 5) is 65.0. The van der Waals surface area contributed by atoms with Crippen molar-refractivity contribution in [2.75, 3.05) is 0 Å². The molecule has 2 unspecified atom stereocenters. The molecule has 0 spiro atoms. The number of aromatic carboxylic acids is 2. The molecule has 0 bridgehead atoms. The van der Waals surface area contributed by atoms with Crippen LogP contribution in [0.1, 0.15) is 73.6 Å². The molecule has 0 saturated carbocycles. The summed E-state index contributed by atoms with van der Waals surface area (Å²) in [5, 5.41) is 29.7. The molecule has 6 rings (SSSR count). The third-order valence-electron chi connectivity index (χ3n) is 8.66. The molecule has 4 aromatic rings. The van der Waals surface area contributed by atoms with Crippen molar-refractivity contribution in [3.05, 3.63) is 83.2 Å². The van der Waals surface area contributed by atoms with Crippen LogP contribution in [-0.2, 0) is 9.59 Å². The molecule has 2 atom stereocenters. The van der Waals surface area contributed by atoms with Crippen LogP contribution >= 0.6 is 0 Å². The van der Waals surface area contributed by atoms with Crippen molar-refractivity contribution in [2.45, 2.75) is 52.6 Å². The molecular formula is C34H32N6O6Pb. The number of pyridine rings is 2. The van der Waals surface area contributed by atoms with E-state index >= 15 is 0 Å². The third kappa shape index (κ3) is 6.51. The third-order valence-corrected chi connectivity index (χ3v) is 8.66. The van der Waals surface area contributed by atoms with Crippen LogP contribution in [0.15, 0.2) is 70.6 Å². The van der Waals surface area contributed by atoms with Gasteiger partial charge in [0.05, 0.1) is 23.0 Å². The van der Waals surface area contributed by atoms with E-state index < -0.39 is 23.0 Å². The topological polar surface area (TPSA) is 189 Å². The van der Waals surface area contributed by atoms with E-state index in [4.69, 9.17) is 0 Å². The molecule has 2 amide bonds. The van der Waals surface area contributed by atoms with Crippen LogP contribution in [-0.4, -0.2) is 83.8 Å². The van der Waals surface area contributed by atoms with Gasteiger partial charge in [0.15, 0.2) is 11.7 Å². The van der Waals surface area contributed by atoms with Crippen LogP contribution in [0.25, 0.3) is 21.8 Å². The normalized spacial score (nSPS) is 20.3. The number of carboxylic acid groups (broad SMARTS) is 2. The van der Waals surface area contributed by atoms with Gasteiger partial charge in [0.1, 0.15) is 22.5 Å². The Balaban J connectivity index is 0.000000208. The minimum absolute atomic E-state index is 0. The first-order valence-corrected chi connectivity index (χ1v) is 14.7. The molecule has 0 saturated heterocycles. The second-order valence-electron chi connectivity index (χ2n) is 12.2. The number of amides is 2. The fraction of sp³-hybridized carbons (Fsp3) is 0.294. The average Bonchev–Trinajstić information content (AvgIpc) is 3.51. The van der Waals surface area contributed by atoms with E-state index in [2.05, 4.69) is 30.6 Å². The second kappa shape index (κ2) is 13.3. The van der Waals surface area contributed by atoms with E-state index in [-0.39, 0.29) is 85.1 Å². The molecule has 4 heterocycles. The fourth-order valence-electron chi connectivity index (χ4n) is 5.00. The number of rotatable bonds is 6. The maximum absolute atomic E-state index is 12.2. The van der Waals surface area contributed by atoms with Gasteiger partial charge in [-0.1, -0.05) is 64.1 Å². The number of nitrogens with one attached hydrogen (secondary N) is 2. The van der Waals surface area contributed by atoms with Crippen LogP contribution in [0.3, 0.4) is 0 Å². The standard InChI is InChI=1S/2C17H17N3O3.Pb/c2*1-9(2)17(3)16(23)19-14(20-17)13-11(15(21)22)8-10-6-4-5-7-12(10)18-13;/h2*4-9H,1-3H3,(H,21,22)(H,19,20,23);/q;;+2/p-2. The van der Waals surface area contributed by atoms with Crippen LogP contribution < -0.4 is 20.8 Å². The molecule has 47 heavy (non-hydrogen) atoms. The zero-order chi connectivity index (χ0) is 33.6. The van der Waals surface area contributed by atoms with Gasteiger partial charge in [0.25, 0.3) is 11.8 Å². The number of benzene rings is 2. The zero-order valence-corrected chi connectivity index (χ0v) is 30.6. The monoisotopic (exact) mass is 828 g/mol. The summed E-state index contributed by atoms with van der Waals surface area (Å²) < 4.78 is 0. The van der Waals surface area contributed by atoms with E-state index in [1.165, 1.54) is 12.1 Å². The van der Waals surface area contributed by atoms with Gasteiger partial charge < -0.3 is 30.4 Å². The molecule has 0 fully saturated rings. The van der Waals surface area contributed by atoms with Crippen LogP contribution in [0.4, 0.5) is 0 Å². The number of fused-ring (bicyclic) bond motifs is 2. The van der Waals surface area contributed by atoms with Crippen molar-refractivity contribution >= 4 is 84.5 Å². The summed E-state index contributed by atoms with van der Waals surface area (Å²) in [5.41, 5.74) is -0.544. The number of hydrogen-bond acceptors (Lipinski definition) is 10. The Kier molecular flexibility index (Phi) is 9.94. The Labute approximate surface area is 291 Å². The Morgan fingerprint density at radius 3 is 1.30 bits per heavy atom. The Bertz CT molecular complexity index is 1860. The summed E-state index contributed by atoms with van der Waals surface area (Å²) in [6.45, 7) is 11.0. The number of amidine groups is 2. The molecule has 2 radical (unpaired) electrons. The number of nitrogens with zero attached hydrogens (tertiary/aromatic N) is 4. The van der Waals surface area contributed by atoms with Crippen molar-refractivity contribution in [3.63, 3.8) is 0 Å². The molecular weight excluding hydrogens is 796 g/mol. The maximum Gasteiger partial charge on any atom is 2.00 e. The van der Waals surface area contributed by atoms with Gasteiger partial charge in [-0.3, -0.25) is 9.59 Å². The molecule has 2 aliphatic heterocycles. The molecule has 238 valence electrons. The fourth-order valence-corrected chi connectivity index (χ4v) is 5.00. The molecule has 2 N–H and O–H groups in total. The maximum atomic E-state index is 12.2. The number of aromatic nitrogens is 2. The number of hydrogen-bond donors (Lipinski definition) is 2. The van der Waals surface area contributed by atoms with E-state index in [1.54, 1.807) is 50.2 Å². The first kappa shape index (κ1) is 35.3. The smallest absolute Gasteiger partial charge is 0.545 e. The molecule has 13 heteroatoms. The number of carboxylic acids is 2. The quantitative estimate of drug-likeness (QED) is 0.273. The van der Waals surface area contributed by atoms with Crippen molar-refractivity contribution in [2.24, 2.45) is 21.8 Å². The van der Waals surface area contributed by atoms with Crippen LogP contribution in [0.5, 0.6) is 0 Å². The number of aliphatic imine (C=N–C) groups is 2. The first-order chi connectivity index (χ1) is 21.7. The molecule has 2 aromatic carbocycles. The number of carbonyl (C=O) groups is 4. The van der Waals surface area contributed by atoms with Gasteiger partial charge in [0.2, 0.25) is 0 Å². The van der Waals surface area contributed by atoms with Crippen molar-refractivity contribution in [1.29, 1.82) is 0 Å². The van der Waals surface area contributed by atoms with E-state index in [9.17, 15) is 29.4 Å². The largest absolute Gasteiger partial charge is 2.00 e. The van der Waals surface area contributed by atoms with Gasteiger partial charge in [-0.25, -0.2) is 20.0 Å². The number of para-hydroxylation sites is 2. The Morgan fingerprint density at radius 2 is 1.00 bits per heavy atom. The van der Waals surface area contributed by atoms with Crippen molar-refractivity contribution in [1.82, 2.24) is 20.6 Å². The minimum atomic E-state index is -1.35. The minimum Gasteiger partial charge on any atom is -0.545 e. The van der Waals surface area contributed by atoms with Crippen LogP contribution in [0.2, 0.25) is 0 Å². The first-order valence-electron chi connectivity index (χ1n) is 14.7. The molecule has 0 aliphatic carbocycles. The Hall–Kier alpha value is -4.60. The predicted octanol–water partition coefficient (Wildman–Crippen LogP) is 1.40. The molecule has 12 nitrogen and oxygen atoms in total. The SMILES string of the molecule is CC(C)C1(C)N=C(c2nc3ccccc3cc2C(=O)[O-])NC1=O.CC(C)C1(C)N=C(c2nc3ccccc3cc2C(=O)[O-])NC1=O.[Pb+2]. The summed E-state index contributed by atoms with van der Waals surface area (Å²) in [6, 6.07) is 17.3. The van der Waals surface area contributed by atoms with Gasteiger partial charge in [0, 0.05) is 21.9 Å².